The van der Waals surface area contributed by atoms with Gasteiger partial charge in [-0.1, -0.05) is 6.08 Å². The Hall–Kier alpha value is -0.0500. The molecule has 3 heteroatoms. The maximum Gasteiger partial charge on any atom is 0.156 e. The molecule has 0 aromatic carbocycles. The smallest absolute Gasteiger partial charge is 0.156 e. The van der Waals surface area contributed by atoms with Crippen molar-refractivity contribution in [2.75, 3.05) is 12.5 Å². The number of ether oxygens (including phenoxy) is 1. The molecule has 0 amide bonds. The van der Waals surface area contributed by atoms with Crippen molar-refractivity contribution in [2.24, 2.45) is 0 Å². The van der Waals surface area contributed by atoms with Gasteiger partial charge in [0, 0.05) is 12.3 Å². The summed E-state index contributed by atoms with van der Waals surface area (Å²) < 4.78 is 4.78. The minimum Gasteiger partial charge on any atom is -0.368 e. The zero-order chi connectivity index (χ0) is 7.11. The van der Waals surface area contributed by atoms with Crippen LogP contribution in [0.2, 0.25) is 0 Å². The first-order valence-electron chi connectivity index (χ1n) is 2.77. The fourth-order valence-electron chi connectivity index (χ4n) is 0.356. The van der Waals surface area contributed by atoms with Gasteiger partial charge in [0.15, 0.2) is 6.29 Å². The molecule has 0 aliphatic carbocycles. The Morgan fingerprint density at radius 2 is 2.44 bits per heavy atom. The summed E-state index contributed by atoms with van der Waals surface area (Å²) in [7, 11) is 0. The SMILES string of the molecule is C=CCOC(O)CCCl. The van der Waals surface area contributed by atoms with Gasteiger partial charge in [-0.05, 0) is 0 Å². The molecule has 0 aliphatic rings. The standard InChI is InChI=1S/C6H11ClO2/c1-2-5-9-6(8)3-4-7/h2,6,8H,1,3-5H2. The summed E-state index contributed by atoms with van der Waals surface area (Å²) in [6.45, 7) is 3.80. The fraction of sp³-hybridized carbons (Fsp3) is 0.667. The van der Waals surface area contributed by atoms with Gasteiger partial charge in [0.2, 0.25) is 0 Å². The molecule has 0 aromatic heterocycles. The Bertz CT molecular complexity index is 75.5. The third-order valence-corrected chi connectivity index (χ3v) is 0.981. The zero-order valence-electron chi connectivity index (χ0n) is 5.22. The third-order valence-electron chi connectivity index (χ3n) is 0.763. The number of aliphatic hydroxyl groups is 1. The Morgan fingerprint density at radius 3 is 2.89 bits per heavy atom. The molecule has 0 saturated carbocycles. The monoisotopic (exact) mass is 150 g/mol. The van der Waals surface area contributed by atoms with E-state index >= 15 is 0 Å². The van der Waals surface area contributed by atoms with E-state index in [1.807, 2.05) is 0 Å². The van der Waals surface area contributed by atoms with Crippen LogP contribution in [0.3, 0.4) is 0 Å². The minimum absolute atomic E-state index is 0.373. The summed E-state index contributed by atoms with van der Waals surface area (Å²) >= 11 is 5.31. The normalized spacial score (nSPS) is 13.1. The summed E-state index contributed by atoms with van der Waals surface area (Å²) in [6, 6.07) is 0. The predicted molar refractivity (Wildman–Crippen MR) is 37.5 cm³/mol. The van der Waals surface area contributed by atoms with Crippen LogP contribution in [-0.4, -0.2) is 23.9 Å². The average Bonchev–Trinajstić information content (AvgIpc) is 1.85. The number of hydrogen-bond acceptors (Lipinski definition) is 2. The second-order valence-electron chi connectivity index (χ2n) is 1.55. The van der Waals surface area contributed by atoms with E-state index in [9.17, 15) is 0 Å². The minimum atomic E-state index is -0.736. The maximum absolute atomic E-state index is 8.83. The Labute approximate surface area is 60.1 Å². The van der Waals surface area contributed by atoms with Crippen LogP contribution in [0.1, 0.15) is 6.42 Å². The lowest BCUT2D eigenvalue weighted by Gasteiger charge is -2.06. The molecule has 54 valence electrons. The second-order valence-corrected chi connectivity index (χ2v) is 1.93. The summed E-state index contributed by atoms with van der Waals surface area (Å²) in [5.41, 5.74) is 0. The molecule has 1 unspecified atom stereocenters. The molecule has 0 saturated heterocycles. The third kappa shape index (κ3) is 5.83. The Morgan fingerprint density at radius 1 is 1.78 bits per heavy atom. The van der Waals surface area contributed by atoms with Crippen molar-refractivity contribution in [1.29, 1.82) is 0 Å². The highest BCUT2D eigenvalue weighted by molar-refractivity contribution is 6.17. The molecular weight excluding hydrogens is 140 g/mol. The van der Waals surface area contributed by atoms with Crippen LogP contribution in [0.15, 0.2) is 12.7 Å². The first-order chi connectivity index (χ1) is 4.31. The van der Waals surface area contributed by atoms with Crippen LogP contribution in [0.5, 0.6) is 0 Å². The van der Waals surface area contributed by atoms with E-state index in [1.165, 1.54) is 0 Å². The van der Waals surface area contributed by atoms with E-state index in [4.69, 9.17) is 21.4 Å². The van der Waals surface area contributed by atoms with E-state index in [0.29, 0.717) is 18.9 Å². The van der Waals surface area contributed by atoms with E-state index in [2.05, 4.69) is 6.58 Å². The van der Waals surface area contributed by atoms with Gasteiger partial charge in [0.05, 0.1) is 6.61 Å². The summed E-state index contributed by atoms with van der Waals surface area (Å²) in [4.78, 5) is 0. The van der Waals surface area contributed by atoms with Gasteiger partial charge in [-0.3, -0.25) is 0 Å². The average molecular weight is 151 g/mol. The van der Waals surface area contributed by atoms with E-state index in [0.717, 1.165) is 0 Å². The van der Waals surface area contributed by atoms with Crippen LogP contribution >= 0.6 is 11.6 Å². The summed E-state index contributed by atoms with van der Waals surface area (Å²) in [5.74, 6) is 0.415. The van der Waals surface area contributed by atoms with Gasteiger partial charge in [-0.15, -0.1) is 18.2 Å². The molecule has 0 rings (SSSR count). The van der Waals surface area contributed by atoms with E-state index in [-0.39, 0.29) is 0 Å². The van der Waals surface area contributed by atoms with Crippen molar-refractivity contribution in [3.8, 4) is 0 Å². The Kier molecular flexibility index (Phi) is 6.04. The van der Waals surface area contributed by atoms with Crippen LogP contribution < -0.4 is 0 Å². The fourth-order valence-corrected chi connectivity index (χ4v) is 0.542. The second kappa shape index (κ2) is 6.08. The molecule has 1 atom stereocenters. The lowest BCUT2D eigenvalue weighted by Crippen LogP contribution is -2.11. The topological polar surface area (TPSA) is 29.5 Å². The van der Waals surface area contributed by atoms with E-state index < -0.39 is 6.29 Å². The molecule has 0 fully saturated rings. The first kappa shape index (κ1) is 8.95. The van der Waals surface area contributed by atoms with Crippen molar-refractivity contribution in [2.45, 2.75) is 12.7 Å². The summed E-state index contributed by atoms with van der Waals surface area (Å²) in [6.07, 6.45) is 1.31. The number of halogens is 1. The van der Waals surface area contributed by atoms with Gasteiger partial charge in [-0.2, -0.15) is 0 Å². The predicted octanol–water partition coefficient (Wildman–Crippen LogP) is 1.14. The van der Waals surface area contributed by atoms with Gasteiger partial charge in [0.1, 0.15) is 0 Å². The highest BCUT2D eigenvalue weighted by atomic mass is 35.5. The number of hydrogen-bond donors (Lipinski definition) is 1. The van der Waals surface area contributed by atoms with Gasteiger partial charge < -0.3 is 9.84 Å². The van der Waals surface area contributed by atoms with Crippen molar-refractivity contribution in [1.82, 2.24) is 0 Å². The van der Waals surface area contributed by atoms with Crippen LogP contribution in [0, 0.1) is 0 Å². The number of alkyl halides is 1. The van der Waals surface area contributed by atoms with Crippen LogP contribution in [0.25, 0.3) is 0 Å². The molecule has 0 aromatic rings. The number of aliphatic hydroxyl groups excluding tert-OH is 1. The first-order valence-corrected chi connectivity index (χ1v) is 3.31. The largest absolute Gasteiger partial charge is 0.368 e. The van der Waals surface area contributed by atoms with Gasteiger partial charge in [-0.25, -0.2) is 0 Å². The highest BCUT2D eigenvalue weighted by Gasteiger charge is 1.99. The molecular formula is C6H11ClO2. The maximum atomic E-state index is 8.83. The van der Waals surface area contributed by atoms with Crippen LogP contribution in [0.4, 0.5) is 0 Å². The van der Waals surface area contributed by atoms with Crippen molar-refractivity contribution in [3.63, 3.8) is 0 Å². The molecule has 9 heavy (non-hydrogen) atoms. The van der Waals surface area contributed by atoms with Gasteiger partial charge in [0.25, 0.3) is 0 Å². The molecule has 0 heterocycles. The molecule has 1 N–H and O–H groups in total. The molecule has 0 aliphatic heterocycles. The van der Waals surface area contributed by atoms with E-state index in [1.54, 1.807) is 6.08 Å². The molecule has 0 spiro atoms. The number of rotatable bonds is 5. The molecule has 0 bridgehead atoms. The Balaban J connectivity index is 3.04. The quantitative estimate of drug-likeness (QED) is 0.362. The lowest BCUT2D eigenvalue weighted by molar-refractivity contribution is -0.0890. The highest BCUT2D eigenvalue weighted by Crippen LogP contribution is 1.95. The zero-order valence-corrected chi connectivity index (χ0v) is 5.97. The lowest BCUT2D eigenvalue weighted by atomic mass is 10.5. The summed E-state index contributed by atoms with van der Waals surface area (Å²) in [5, 5.41) is 8.83. The molecule has 2 nitrogen and oxygen atoms in total. The van der Waals surface area contributed by atoms with Crippen molar-refractivity contribution < 1.29 is 9.84 Å². The van der Waals surface area contributed by atoms with Crippen LogP contribution in [-0.2, 0) is 4.74 Å². The van der Waals surface area contributed by atoms with Gasteiger partial charge >= 0.3 is 0 Å². The van der Waals surface area contributed by atoms with Crippen molar-refractivity contribution >= 4 is 11.6 Å². The molecule has 0 radical (unpaired) electrons. The van der Waals surface area contributed by atoms with Crippen molar-refractivity contribution in [3.05, 3.63) is 12.7 Å².